The predicted octanol–water partition coefficient (Wildman–Crippen LogP) is 2.86. The first kappa shape index (κ1) is 10.6. The molecule has 0 spiro atoms. The highest BCUT2D eigenvalue weighted by molar-refractivity contribution is 7.87. The summed E-state index contributed by atoms with van der Waals surface area (Å²) >= 11 is 1.17. The fourth-order valence-electron chi connectivity index (χ4n) is 1.64. The van der Waals surface area contributed by atoms with E-state index in [1.165, 1.54) is 11.5 Å². The molecule has 2 aromatic carbocycles. The molecule has 3 nitrogen and oxygen atoms in total. The second kappa shape index (κ2) is 4.35. The van der Waals surface area contributed by atoms with Gasteiger partial charge in [0.15, 0.2) is 0 Å². The van der Waals surface area contributed by atoms with Crippen molar-refractivity contribution in [2.75, 3.05) is 0 Å². The van der Waals surface area contributed by atoms with Crippen LogP contribution >= 0.6 is 11.5 Å². The second-order valence-corrected chi connectivity index (χ2v) is 6.01. The number of benzene rings is 2. The zero-order valence-corrected chi connectivity index (χ0v) is 10.4. The Kier molecular flexibility index (Phi) is 2.70. The Morgan fingerprint density at radius 2 is 1.88 bits per heavy atom. The topological polar surface area (TPSA) is 42.9 Å². The summed E-state index contributed by atoms with van der Waals surface area (Å²) in [5.41, 5.74) is 0. The monoisotopic (exact) mass is 260 g/mol. The van der Waals surface area contributed by atoms with Crippen molar-refractivity contribution in [1.29, 1.82) is 0 Å². The van der Waals surface area contributed by atoms with Gasteiger partial charge in [0, 0.05) is 4.90 Å². The van der Waals surface area contributed by atoms with E-state index in [1.54, 1.807) is 6.20 Å². The Balaban J connectivity index is 2.09. The maximum Gasteiger partial charge on any atom is 0.137 e. The van der Waals surface area contributed by atoms with Gasteiger partial charge in [-0.25, -0.2) is 4.21 Å². The molecule has 1 atom stereocenters. The molecule has 0 radical (unpaired) electrons. The van der Waals surface area contributed by atoms with E-state index >= 15 is 0 Å². The van der Waals surface area contributed by atoms with E-state index in [2.05, 4.69) is 9.59 Å². The average Bonchev–Trinajstić information content (AvgIpc) is 2.91. The van der Waals surface area contributed by atoms with Crippen LogP contribution in [0.1, 0.15) is 0 Å². The zero-order valence-electron chi connectivity index (χ0n) is 8.74. The molecule has 3 rings (SSSR count). The SMILES string of the molecule is O=[S@@](c1ccc2ccccc2c1)c1cnns1. The lowest BCUT2D eigenvalue weighted by Gasteiger charge is -2.01. The smallest absolute Gasteiger partial charge is 0.137 e. The molecule has 0 aliphatic rings. The second-order valence-electron chi connectivity index (χ2n) is 3.51. The Hall–Kier alpha value is -1.59. The summed E-state index contributed by atoms with van der Waals surface area (Å²) in [4.78, 5) is 0.787. The van der Waals surface area contributed by atoms with Crippen molar-refractivity contribution in [2.24, 2.45) is 0 Å². The molecule has 0 saturated carbocycles. The van der Waals surface area contributed by atoms with E-state index in [0.29, 0.717) is 4.21 Å². The van der Waals surface area contributed by atoms with Crippen LogP contribution in [-0.4, -0.2) is 13.8 Å². The zero-order chi connectivity index (χ0) is 11.7. The lowest BCUT2D eigenvalue weighted by molar-refractivity contribution is 0.684. The van der Waals surface area contributed by atoms with Gasteiger partial charge in [0.2, 0.25) is 0 Å². The minimum atomic E-state index is -1.18. The van der Waals surface area contributed by atoms with Crippen molar-refractivity contribution < 1.29 is 4.21 Å². The molecule has 0 unspecified atom stereocenters. The molecule has 0 fully saturated rings. The average molecular weight is 260 g/mol. The highest BCUT2D eigenvalue weighted by Gasteiger charge is 2.09. The maximum absolute atomic E-state index is 12.2. The van der Waals surface area contributed by atoms with Crippen LogP contribution in [0, 0.1) is 0 Å². The van der Waals surface area contributed by atoms with Gasteiger partial charge < -0.3 is 0 Å². The number of nitrogens with zero attached hydrogens (tertiary/aromatic N) is 2. The van der Waals surface area contributed by atoms with Crippen molar-refractivity contribution in [3.8, 4) is 0 Å². The molecule has 1 aromatic heterocycles. The van der Waals surface area contributed by atoms with Gasteiger partial charge >= 0.3 is 0 Å². The van der Waals surface area contributed by atoms with Crippen LogP contribution in [0.4, 0.5) is 0 Å². The van der Waals surface area contributed by atoms with Gasteiger partial charge in [-0.05, 0) is 34.4 Å². The molecule has 17 heavy (non-hydrogen) atoms. The van der Waals surface area contributed by atoms with Gasteiger partial charge in [-0.2, -0.15) is 0 Å². The van der Waals surface area contributed by atoms with Gasteiger partial charge in [0.25, 0.3) is 0 Å². The fourth-order valence-corrected chi connectivity index (χ4v) is 3.37. The van der Waals surface area contributed by atoms with Gasteiger partial charge in [-0.1, -0.05) is 34.8 Å². The van der Waals surface area contributed by atoms with Gasteiger partial charge in [-0.3, -0.25) is 0 Å². The van der Waals surface area contributed by atoms with E-state index in [9.17, 15) is 4.21 Å². The molecule has 0 aliphatic carbocycles. The predicted molar refractivity (Wildman–Crippen MR) is 68.5 cm³/mol. The fraction of sp³-hybridized carbons (Fsp3) is 0. The molecule has 0 amide bonds. The normalized spacial score (nSPS) is 12.7. The molecule has 84 valence electrons. The highest BCUT2D eigenvalue weighted by atomic mass is 32.2. The molecule has 0 N–H and O–H groups in total. The van der Waals surface area contributed by atoms with Crippen LogP contribution in [0.3, 0.4) is 0 Å². The van der Waals surface area contributed by atoms with E-state index in [-0.39, 0.29) is 0 Å². The molecule has 0 aliphatic heterocycles. The number of fused-ring (bicyclic) bond motifs is 1. The summed E-state index contributed by atoms with van der Waals surface area (Å²) < 4.78 is 16.6. The quantitative estimate of drug-likeness (QED) is 0.711. The van der Waals surface area contributed by atoms with Gasteiger partial charge in [0.1, 0.15) is 4.21 Å². The van der Waals surface area contributed by atoms with Gasteiger partial charge in [0.05, 0.1) is 17.0 Å². The van der Waals surface area contributed by atoms with E-state index < -0.39 is 10.8 Å². The van der Waals surface area contributed by atoms with E-state index in [4.69, 9.17) is 0 Å². The lowest BCUT2D eigenvalue weighted by Crippen LogP contribution is -1.89. The molecular weight excluding hydrogens is 252 g/mol. The Bertz CT molecular complexity index is 680. The summed E-state index contributed by atoms with van der Waals surface area (Å²) in [6.07, 6.45) is 1.55. The van der Waals surface area contributed by atoms with Crippen molar-refractivity contribution in [3.63, 3.8) is 0 Å². The van der Waals surface area contributed by atoms with Crippen molar-refractivity contribution >= 4 is 33.1 Å². The number of hydrogen-bond acceptors (Lipinski definition) is 4. The number of aromatic nitrogens is 2. The van der Waals surface area contributed by atoms with Crippen LogP contribution in [0.15, 0.2) is 57.8 Å². The summed E-state index contributed by atoms with van der Waals surface area (Å²) in [6.45, 7) is 0. The summed E-state index contributed by atoms with van der Waals surface area (Å²) in [5.74, 6) is 0. The lowest BCUT2D eigenvalue weighted by atomic mass is 10.1. The molecular formula is C12H8N2OS2. The van der Waals surface area contributed by atoms with Crippen LogP contribution in [0.2, 0.25) is 0 Å². The first-order valence-corrected chi connectivity index (χ1v) is 6.95. The number of rotatable bonds is 2. The first-order chi connectivity index (χ1) is 8.34. The standard InChI is InChI=1S/C12H8N2OS2/c15-17(12-8-13-14-16-12)11-6-5-9-3-1-2-4-10(9)7-11/h1-8H/t17-/m0/s1. The maximum atomic E-state index is 12.2. The van der Waals surface area contributed by atoms with E-state index in [0.717, 1.165) is 15.7 Å². The van der Waals surface area contributed by atoms with Crippen molar-refractivity contribution in [1.82, 2.24) is 9.59 Å². The third-order valence-corrected chi connectivity index (χ3v) is 4.75. The Labute approximate surface area is 105 Å². The third-order valence-electron chi connectivity index (χ3n) is 2.46. The van der Waals surface area contributed by atoms with Crippen LogP contribution < -0.4 is 0 Å². The van der Waals surface area contributed by atoms with E-state index in [1.807, 2.05) is 42.5 Å². The van der Waals surface area contributed by atoms with Crippen LogP contribution in [0.25, 0.3) is 10.8 Å². The van der Waals surface area contributed by atoms with Crippen LogP contribution in [0.5, 0.6) is 0 Å². The number of hydrogen-bond donors (Lipinski definition) is 0. The minimum absolute atomic E-state index is 0.681. The molecule has 3 aromatic rings. The Morgan fingerprint density at radius 3 is 2.65 bits per heavy atom. The van der Waals surface area contributed by atoms with Crippen molar-refractivity contribution in [3.05, 3.63) is 48.7 Å². The molecule has 5 heteroatoms. The highest BCUT2D eigenvalue weighted by Crippen LogP contribution is 2.22. The van der Waals surface area contributed by atoms with Gasteiger partial charge in [-0.15, -0.1) is 5.10 Å². The first-order valence-electron chi connectivity index (χ1n) is 5.02. The summed E-state index contributed by atoms with van der Waals surface area (Å²) in [7, 11) is -1.18. The Morgan fingerprint density at radius 1 is 1.06 bits per heavy atom. The molecule has 0 bridgehead atoms. The largest absolute Gasteiger partial charge is 0.248 e. The molecule has 0 saturated heterocycles. The summed E-state index contributed by atoms with van der Waals surface area (Å²) in [5, 5.41) is 5.95. The molecule has 1 heterocycles. The minimum Gasteiger partial charge on any atom is -0.248 e. The van der Waals surface area contributed by atoms with Crippen LogP contribution in [-0.2, 0) is 10.8 Å². The van der Waals surface area contributed by atoms with Crippen molar-refractivity contribution in [2.45, 2.75) is 9.10 Å². The summed E-state index contributed by atoms with van der Waals surface area (Å²) in [6, 6.07) is 13.8. The third kappa shape index (κ3) is 1.99.